The van der Waals surface area contributed by atoms with Crippen molar-refractivity contribution >= 4 is 34.6 Å². The number of halogens is 1. The molecule has 4 nitrogen and oxygen atoms in total. The Kier molecular flexibility index (Phi) is 6.08. The zero-order chi connectivity index (χ0) is 15.2. The third kappa shape index (κ3) is 4.46. The van der Waals surface area contributed by atoms with E-state index in [1.165, 1.54) is 0 Å². The number of nitrogens with zero attached hydrogens (tertiary/aromatic N) is 2. The molecule has 1 aliphatic heterocycles. The van der Waals surface area contributed by atoms with Crippen LogP contribution < -0.4 is 10.2 Å². The number of hydrogen-bond donors (Lipinski definition) is 1. The Morgan fingerprint density at radius 3 is 2.62 bits per heavy atom. The Labute approximate surface area is 137 Å². The number of methoxy groups -OCH3 is 1. The van der Waals surface area contributed by atoms with Crippen LogP contribution in [-0.2, 0) is 4.74 Å². The van der Waals surface area contributed by atoms with Gasteiger partial charge in [0.1, 0.15) is 0 Å². The first kappa shape index (κ1) is 16.3. The highest BCUT2D eigenvalue weighted by atomic mass is 35.5. The Hall–Kier alpha value is -1.04. The molecule has 0 amide bonds. The van der Waals surface area contributed by atoms with E-state index in [9.17, 15) is 0 Å². The number of rotatable bonds is 4. The predicted molar refractivity (Wildman–Crippen MR) is 92.3 cm³/mol. The molecule has 0 unspecified atom stereocenters. The number of ether oxygens (including phenoxy) is 1. The fourth-order valence-electron chi connectivity index (χ4n) is 2.45. The SMILES string of the molecule is COC[C@@H](C)NC(=S)N1CCN(c2ccccc2Cl)CC1. The van der Waals surface area contributed by atoms with Crippen molar-refractivity contribution in [2.75, 3.05) is 44.8 Å². The lowest BCUT2D eigenvalue weighted by Gasteiger charge is -2.38. The van der Waals surface area contributed by atoms with Crippen LogP contribution in [0, 0.1) is 0 Å². The first-order chi connectivity index (χ1) is 10.1. The van der Waals surface area contributed by atoms with E-state index in [0.717, 1.165) is 42.0 Å². The number of thiocarbonyl (C=S) groups is 1. The summed E-state index contributed by atoms with van der Waals surface area (Å²) < 4.78 is 5.12. The van der Waals surface area contributed by atoms with E-state index in [4.69, 9.17) is 28.6 Å². The maximum atomic E-state index is 6.25. The monoisotopic (exact) mass is 327 g/mol. The van der Waals surface area contributed by atoms with Crippen LogP contribution in [0.15, 0.2) is 24.3 Å². The molecule has 0 saturated carbocycles. The molecule has 0 spiro atoms. The molecule has 1 N–H and O–H groups in total. The first-order valence-corrected chi connectivity index (χ1v) is 7.94. The van der Waals surface area contributed by atoms with Crippen LogP contribution in [0.1, 0.15) is 6.92 Å². The van der Waals surface area contributed by atoms with E-state index >= 15 is 0 Å². The van der Waals surface area contributed by atoms with Crippen molar-refractivity contribution in [3.05, 3.63) is 29.3 Å². The summed E-state index contributed by atoms with van der Waals surface area (Å²) in [6.45, 7) is 6.36. The van der Waals surface area contributed by atoms with Crippen molar-refractivity contribution in [2.24, 2.45) is 0 Å². The predicted octanol–water partition coefficient (Wildman–Crippen LogP) is 2.37. The summed E-state index contributed by atoms with van der Waals surface area (Å²) in [6.07, 6.45) is 0. The van der Waals surface area contributed by atoms with Gasteiger partial charge in [0.25, 0.3) is 0 Å². The van der Waals surface area contributed by atoms with Crippen LogP contribution in [-0.4, -0.2) is 55.9 Å². The lowest BCUT2D eigenvalue weighted by Crippen LogP contribution is -2.53. The molecule has 2 rings (SSSR count). The van der Waals surface area contributed by atoms with Gasteiger partial charge in [0.2, 0.25) is 0 Å². The topological polar surface area (TPSA) is 27.7 Å². The second-order valence-corrected chi connectivity index (χ2v) is 6.03. The third-order valence-corrected chi connectivity index (χ3v) is 4.24. The minimum Gasteiger partial charge on any atom is -0.383 e. The highest BCUT2D eigenvalue weighted by Crippen LogP contribution is 2.25. The van der Waals surface area contributed by atoms with Crippen LogP contribution in [0.4, 0.5) is 5.69 Å². The molecule has 6 heteroatoms. The van der Waals surface area contributed by atoms with Crippen LogP contribution >= 0.6 is 23.8 Å². The highest BCUT2D eigenvalue weighted by Gasteiger charge is 2.20. The quantitative estimate of drug-likeness (QED) is 0.857. The summed E-state index contributed by atoms with van der Waals surface area (Å²) in [5.74, 6) is 0. The summed E-state index contributed by atoms with van der Waals surface area (Å²) in [5.41, 5.74) is 1.10. The molecule has 1 fully saturated rings. The van der Waals surface area contributed by atoms with Crippen molar-refractivity contribution in [1.82, 2.24) is 10.2 Å². The molecule has 21 heavy (non-hydrogen) atoms. The molecule has 0 aliphatic carbocycles. The molecule has 0 bridgehead atoms. The number of hydrogen-bond acceptors (Lipinski definition) is 3. The van der Waals surface area contributed by atoms with Crippen LogP contribution in [0.2, 0.25) is 5.02 Å². The Bertz CT molecular complexity index is 478. The van der Waals surface area contributed by atoms with E-state index in [1.54, 1.807) is 7.11 Å². The van der Waals surface area contributed by atoms with Gasteiger partial charge in [-0.15, -0.1) is 0 Å². The molecule has 0 aromatic heterocycles. The lowest BCUT2D eigenvalue weighted by atomic mass is 10.2. The normalized spacial score (nSPS) is 16.7. The number of nitrogens with one attached hydrogen (secondary N) is 1. The summed E-state index contributed by atoms with van der Waals surface area (Å²) >= 11 is 11.7. The summed E-state index contributed by atoms with van der Waals surface area (Å²) in [4.78, 5) is 4.51. The molecule has 0 radical (unpaired) electrons. The van der Waals surface area contributed by atoms with Gasteiger partial charge >= 0.3 is 0 Å². The van der Waals surface area contributed by atoms with Crippen molar-refractivity contribution in [3.8, 4) is 0 Å². The average Bonchev–Trinajstić information content (AvgIpc) is 2.48. The van der Waals surface area contributed by atoms with Gasteiger partial charge < -0.3 is 19.9 Å². The van der Waals surface area contributed by atoms with Crippen LogP contribution in [0.25, 0.3) is 0 Å². The van der Waals surface area contributed by atoms with Gasteiger partial charge in [-0.1, -0.05) is 23.7 Å². The van der Waals surface area contributed by atoms with E-state index in [0.29, 0.717) is 6.61 Å². The molecule has 1 aromatic carbocycles. The summed E-state index contributed by atoms with van der Waals surface area (Å²) in [7, 11) is 1.70. The number of piperazine rings is 1. The van der Waals surface area contributed by atoms with Crippen molar-refractivity contribution in [3.63, 3.8) is 0 Å². The lowest BCUT2D eigenvalue weighted by molar-refractivity contribution is 0.177. The molecule has 1 aliphatic rings. The minimum absolute atomic E-state index is 0.226. The number of para-hydroxylation sites is 1. The van der Waals surface area contributed by atoms with Gasteiger partial charge in [0.05, 0.1) is 17.3 Å². The number of anilines is 1. The summed E-state index contributed by atoms with van der Waals surface area (Å²) in [5, 5.41) is 4.91. The zero-order valence-electron chi connectivity index (χ0n) is 12.5. The molecule has 1 saturated heterocycles. The number of benzene rings is 1. The maximum absolute atomic E-state index is 6.25. The third-order valence-electron chi connectivity index (χ3n) is 3.55. The molecule has 1 heterocycles. The second-order valence-electron chi connectivity index (χ2n) is 5.23. The molecule has 1 aromatic rings. The largest absolute Gasteiger partial charge is 0.383 e. The Morgan fingerprint density at radius 1 is 1.33 bits per heavy atom. The van der Waals surface area contributed by atoms with Crippen molar-refractivity contribution in [1.29, 1.82) is 0 Å². The zero-order valence-corrected chi connectivity index (χ0v) is 14.1. The Balaban J connectivity index is 1.86. The molecule has 116 valence electrons. The van der Waals surface area contributed by atoms with Crippen molar-refractivity contribution in [2.45, 2.75) is 13.0 Å². The fourth-order valence-corrected chi connectivity index (χ4v) is 3.09. The van der Waals surface area contributed by atoms with E-state index in [2.05, 4.69) is 28.1 Å². The van der Waals surface area contributed by atoms with E-state index in [1.807, 2.05) is 18.2 Å². The molecular weight excluding hydrogens is 306 g/mol. The second kappa shape index (κ2) is 7.82. The molecular formula is C15H22ClN3OS. The highest BCUT2D eigenvalue weighted by molar-refractivity contribution is 7.80. The van der Waals surface area contributed by atoms with E-state index < -0.39 is 0 Å². The van der Waals surface area contributed by atoms with Gasteiger partial charge in [0, 0.05) is 39.3 Å². The average molecular weight is 328 g/mol. The van der Waals surface area contributed by atoms with Gasteiger partial charge in [-0.3, -0.25) is 0 Å². The molecule has 1 atom stereocenters. The van der Waals surface area contributed by atoms with Gasteiger partial charge in [-0.25, -0.2) is 0 Å². The standard InChI is InChI=1S/C15H22ClN3OS/c1-12(11-20-2)17-15(21)19-9-7-18(8-10-19)14-6-4-3-5-13(14)16/h3-6,12H,7-11H2,1-2H3,(H,17,21)/t12-/m1/s1. The fraction of sp³-hybridized carbons (Fsp3) is 0.533. The maximum Gasteiger partial charge on any atom is 0.169 e. The van der Waals surface area contributed by atoms with Crippen molar-refractivity contribution < 1.29 is 4.74 Å². The smallest absolute Gasteiger partial charge is 0.169 e. The van der Waals surface area contributed by atoms with Gasteiger partial charge in [0.15, 0.2) is 5.11 Å². The van der Waals surface area contributed by atoms with Crippen LogP contribution in [0.5, 0.6) is 0 Å². The minimum atomic E-state index is 0.226. The van der Waals surface area contributed by atoms with Crippen LogP contribution in [0.3, 0.4) is 0 Å². The van der Waals surface area contributed by atoms with E-state index in [-0.39, 0.29) is 6.04 Å². The van der Waals surface area contributed by atoms with Gasteiger partial charge in [-0.2, -0.15) is 0 Å². The first-order valence-electron chi connectivity index (χ1n) is 7.15. The Morgan fingerprint density at radius 2 is 2.00 bits per heavy atom. The van der Waals surface area contributed by atoms with Gasteiger partial charge in [-0.05, 0) is 31.3 Å². The summed E-state index contributed by atoms with van der Waals surface area (Å²) in [6, 6.07) is 8.20.